The minimum atomic E-state index is -3.82. The monoisotopic (exact) mass is 411 g/mol. The predicted molar refractivity (Wildman–Crippen MR) is 106 cm³/mol. The molecule has 8 nitrogen and oxygen atoms in total. The van der Waals surface area contributed by atoms with Crippen molar-refractivity contribution in [1.82, 2.24) is 10.3 Å². The van der Waals surface area contributed by atoms with Crippen LogP contribution in [0.4, 0.5) is 5.69 Å². The number of sulfonamides is 1. The fraction of sp³-hybridized carbons (Fsp3) is 0.0500. The molecule has 0 aliphatic carbocycles. The van der Waals surface area contributed by atoms with Gasteiger partial charge in [-0.05, 0) is 36.4 Å². The average molecular weight is 411 g/mol. The predicted octanol–water partition coefficient (Wildman–Crippen LogP) is 2.44. The molecule has 3 N–H and O–H groups in total. The molecule has 3 aromatic rings. The molecule has 0 aliphatic heterocycles. The average Bonchev–Trinajstić information content (AvgIpc) is 2.73. The molecule has 0 bridgehead atoms. The topological polar surface area (TPSA) is 125 Å². The first-order valence-corrected chi connectivity index (χ1v) is 9.97. The van der Waals surface area contributed by atoms with Crippen LogP contribution < -0.4 is 10.0 Å². The van der Waals surface area contributed by atoms with Crippen LogP contribution in [0.5, 0.6) is 0 Å². The van der Waals surface area contributed by atoms with E-state index in [2.05, 4.69) is 15.0 Å². The van der Waals surface area contributed by atoms with Crippen LogP contribution in [0.15, 0.2) is 84.0 Å². The van der Waals surface area contributed by atoms with Crippen LogP contribution in [-0.4, -0.2) is 30.4 Å². The Morgan fingerprint density at radius 1 is 0.966 bits per heavy atom. The number of carbonyl (C=O) groups excluding carboxylic acids is 1. The normalized spacial score (nSPS) is 12.0. The van der Waals surface area contributed by atoms with Gasteiger partial charge in [0.15, 0.2) is 6.04 Å². The molecule has 29 heavy (non-hydrogen) atoms. The van der Waals surface area contributed by atoms with Gasteiger partial charge < -0.3 is 10.4 Å². The lowest BCUT2D eigenvalue weighted by Crippen LogP contribution is -2.33. The van der Waals surface area contributed by atoms with E-state index in [9.17, 15) is 23.1 Å². The van der Waals surface area contributed by atoms with Gasteiger partial charge in [0.2, 0.25) is 0 Å². The van der Waals surface area contributed by atoms with Gasteiger partial charge in [0.25, 0.3) is 15.9 Å². The summed E-state index contributed by atoms with van der Waals surface area (Å²) < 4.78 is 27.3. The Morgan fingerprint density at radius 3 is 2.38 bits per heavy atom. The van der Waals surface area contributed by atoms with Gasteiger partial charge in [-0.15, -0.1) is 0 Å². The second-order valence-electron chi connectivity index (χ2n) is 6.03. The van der Waals surface area contributed by atoms with E-state index in [-0.39, 0.29) is 16.1 Å². The molecule has 148 valence electrons. The van der Waals surface area contributed by atoms with Gasteiger partial charge in [0.05, 0.1) is 4.90 Å². The van der Waals surface area contributed by atoms with E-state index < -0.39 is 27.9 Å². The first-order valence-electron chi connectivity index (χ1n) is 8.48. The third-order valence-electron chi connectivity index (χ3n) is 3.97. The lowest BCUT2D eigenvalue weighted by Gasteiger charge is -2.15. The molecule has 9 heteroatoms. The number of rotatable bonds is 7. The van der Waals surface area contributed by atoms with E-state index in [1.54, 1.807) is 24.3 Å². The summed E-state index contributed by atoms with van der Waals surface area (Å²) in [5, 5.41) is 11.8. The summed E-state index contributed by atoms with van der Waals surface area (Å²) in [5.74, 6) is -1.91. The fourth-order valence-corrected chi connectivity index (χ4v) is 3.66. The number of amides is 1. The highest BCUT2D eigenvalue weighted by atomic mass is 32.2. The summed E-state index contributed by atoms with van der Waals surface area (Å²) in [4.78, 5) is 28.0. The standard InChI is InChI=1S/C20H17N3O5S/c24-19(22-18(20(25)26)15-7-5-11-21-13-15)14-6-4-8-16(12-14)23-29(27,28)17-9-2-1-3-10-17/h1-13,18,23H,(H,22,24)(H,25,26). The second kappa shape index (κ2) is 8.53. The Bertz CT molecular complexity index is 1120. The number of carboxylic acid groups (broad SMARTS) is 1. The molecule has 2 aromatic carbocycles. The Balaban J connectivity index is 1.80. The zero-order chi connectivity index (χ0) is 20.9. The van der Waals surface area contributed by atoms with Gasteiger partial charge in [0.1, 0.15) is 0 Å². The number of carbonyl (C=O) groups is 2. The SMILES string of the molecule is O=C(NC(C(=O)O)c1cccnc1)c1cccc(NS(=O)(=O)c2ccccc2)c1. The van der Waals surface area contributed by atoms with Crippen molar-refractivity contribution in [1.29, 1.82) is 0 Å². The minimum Gasteiger partial charge on any atom is -0.479 e. The number of nitrogens with zero attached hydrogens (tertiary/aromatic N) is 1. The fourth-order valence-electron chi connectivity index (χ4n) is 2.59. The van der Waals surface area contributed by atoms with Crippen molar-refractivity contribution >= 4 is 27.6 Å². The number of aliphatic carboxylic acids is 1. The molecule has 1 amide bonds. The summed E-state index contributed by atoms with van der Waals surface area (Å²) in [5.41, 5.74) is 0.595. The molecule has 1 aromatic heterocycles. The highest BCUT2D eigenvalue weighted by Gasteiger charge is 2.23. The molecule has 0 saturated heterocycles. The summed E-state index contributed by atoms with van der Waals surface area (Å²) in [6.07, 6.45) is 2.84. The van der Waals surface area contributed by atoms with Crippen LogP contribution in [0.3, 0.4) is 0 Å². The van der Waals surface area contributed by atoms with Gasteiger partial charge in [-0.3, -0.25) is 14.5 Å². The summed E-state index contributed by atoms with van der Waals surface area (Å²) in [6.45, 7) is 0. The number of pyridine rings is 1. The van der Waals surface area contributed by atoms with E-state index >= 15 is 0 Å². The highest BCUT2D eigenvalue weighted by Crippen LogP contribution is 2.18. The molecule has 0 aliphatic rings. The summed E-state index contributed by atoms with van der Waals surface area (Å²) in [6, 6.07) is 15.4. The van der Waals surface area contributed by atoms with Gasteiger partial charge >= 0.3 is 5.97 Å². The second-order valence-corrected chi connectivity index (χ2v) is 7.71. The van der Waals surface area contributed by atoms with E-state index in [0.29, 0.717) is 5.56 Å². The zero-order valence-corrected chi connectivity index (χ0v) is 15.8. The number of benzene rings is 2. The first kappa shape index (κ1) is 20.0. The van der Waals surface area contributed by atoms with E-state index in [0.717, 1.165) is 0 Å². The van der Waals surface area contributed by atoms with Crippen LogP contribution in [0.1, 0.15) is 22.0 Å². The molecule has 3 rings (SSSR count). The first-order chi connectivity index (χ1) is 13.9. The van der Waals surface area contributed by atoms with Crippen molar-refractivity contribution in [3.63, 3.8) is 0 Å². The van der Waals surface area contributed by atoms with E-state index in [4.69, 9.17) is 0 Å². The van der Waals surface area contributed by atoms with Gasteiger partial charge in [0, 0.05) is 29.2 Å². The van der Waals surface area contributed by atoms with Crippen molar-refractivity contribution in [3.05, 3.63) is 90.3 Å². The van der Waals surface area contributed by atoms with Gasteiger partial charge in [-0.2, -0.15) is 0 Å². The maximum Gasteiger partial charge on any atom is 0.330 e. The highest BCUT2D eigenvalue weighted by molar-refractivity contribution is 7.92. The Hall–Kier alpha value is -3.72. The molecule has 0 saturated carbocycles. The summed E-state index contributed by atoms with van der Waals surface area (Å²) in [7, 11) is -3.82. The molecule has 0 fully saturated rings. The van der Waals surface area contributed by atoms with Crippen molar-refractivity contribution in [2.75, 3.05) is 4.72 Å². The van der Waals surface area contributed by atoms with Gasteiger partial charge in [-0.25, -0.2) is 13.2 Å². The third-order valence-corrected chi connectivity index (χ3v) is 5.37. The number of anilines is 1. The van der Waals surface area contributed by atoms with Crippen molar-refractivity contribution in [2.24, 2.45) is 0 Å². The number of aromatic nitrogens is 1. The number of carboxylic acids is 1. The quantitative estimate of drug-likeness (QED) is 0.548. The molecule has 1 heterocycles. The maximum absolute atomic E-state index is 12.5. The number of hydrogen-bond acceptors (Lipinski definition) is 5. The Labute approximate surface area is 167 Å². The van der Waals surface area contributed by atoms with Crippen LogP contribution in [-0.2, 0) is 14.8 Å². The van der Waals surface area contributed by atoms with E-state index in [1.807, 2.05) is 0 Å². The molecular formula is C20H17N3O5S. The van der Waals surface area contributed by atoms with Gasteiger partial charge in [-0.1, -0.05) is 30.3 Å². The van der Waals surface area contributed by atoms with Crippen LogP contribution in [0.2, 0.25) is 0 Å². The number of nitrogens with one attached hydrogen (secondary N) is 2. The van der Waals surface area contributed by atoms with Crippen molar-refractivity contribution in [3.8, 4) is 0 Å². The number of hydrogen-bond donors (Lipinski definition) is 3. The Morgan fingerprint density at radius 2 is 1.72 bits per heavy atom. The molecular weight excluding hydrogens is 394 g/mol. The van der Waals surface area contributed by atoms with Crippen LogP contribution in [0, 0.1) is 0 Å². The lowest BCUT2D eigenvalue weighted by molar-refractivity contribution is -0.139. The molecule has 1 unspecified atom stereocenters. The maximum atomic E-state index is 12.5. The van der Waals surface area contributed by atoms with E-state index in [1.165, 1.54) is 54.9 Å². The summed E-state index contributed by atoms with van der Waals surface area (Å²) >= 11 is 0. The van der Waals surface area contributed by atoms with Crippen LogP contribution in [0.25, 0.3) is 0 Å². The third kappa shape index (κ3) is 4.96. The molecule has 0 radical (unpaired) electrons. The zero-order valence-electron chi connectivity index (χ0n) is 15.0. The smallest absolute Gasteiger partial charge is 0.330 e. The minimum absolute atomic E-state index is 0.0809. The van der Waals surface area contributed by atoms with Crippen molar-refractivity contribution < 1.29 is 23.1 Å². The largest absolute Gasteiger partial charge is 0.479 e. The van der Waals surface area contributed by atoms with Crippen molar-refractivity contribution in [2.45, 2.75) is 10.9 Å². The lowest BCUT2D eigenvalue weighted by atomic mass is 10.1. The van der Waals surface area contributed by atoms with Crippen LogP contribution >= 0.6 is 0 Å². The Kier molecular flexibility index (Phi) is 5.89. The molecule has 0 spiro atoms. The molecule has 1 atom stereocenters.